The van der Waals surface area contributed by atoms with E-state index in [4.69, 9.17) is 9.97 Å². The van der Waals surface area contributed by atoms with E-state index < -0.39 is 0 Å². The molecule has 1 heterocycles. The van der Waals surface area contributed by atoms with Gasteiger partial charge in [0.1, 0.15) is 5.69 Å². The summed E-state index contributed by atoms with van der Waals surface area (Å²) in [4.78, 5) is 34.1. The zero-order chi connectivity index (χ0) is 31.4. The van der Waals surface area contributed by atoms with Crippen LogP contribution in [0.1, 0.15) is 103 Å². The zero-order valence-electron chi connectivity index (χ0n) is 27.5. The zero-order valence-corrected chi connectivity index (χ0v) is 27.5. The highest BCUT2D eigenvalue weighted by Gasteiger charge is 2.38. The number of amides is 1. The van der Waals surface area contributed by atoms with E-state index in [1.807, 2.05) is 57.2 Å². The van der Waals surface area contributed by atoms with E-state index in [0.29, 0.717) is 23.3 Å². The highest BCUT2D eigenvalue weighted by molar-refractivity contribution is 5.92. The minimum absolute atomic E-state index is 0.0881. The number of nitrogens with one attached hydrogen (secondary N) is 1. The molecule has 6 heteroatoms. The third-order valence-electron chi connectivity index (χ3n) is 9.05. The van der Waals surface area contributed by atoms with Crippen LogP contribution in [0.25, 0.3) is 11.3 Å². The van der Waals surface area contributed by atoms with Crippen molar-refractivity contribution in [2.75, 3.05) is 5.32 Å². The molecular formula is C37H52N4O2. The average molecular weight is 585 g/mol. The van der Waals surface area contributed by atoms with Crippen molar-refractivity contribution in [1.29, 1.82) is 0 Å². The van der Waals surface area contributed by atoms with Gasteiger partial charge < -0.3 is 5.32 Å². The van der Waals surface area contributed by atoms with Gasteiger partial charge in [-0.25, -0.2) is 9.97 Å². The largest absolute Gasteiger partial charge is 0.309 e. The van der Waals surface area contributed by atoms with Gasteiger partial charge in [0, 0.05) is 5.56 Å². The lowest BCUT2D eigenvalue weighted by Gasteiger charge is -2.37. The van der Waals surface area contributed by atoms with Crippen molar-refractivity contribution in [1.82, 2.24) is 9.97 Å². The predicted molar refractivity (Wildman–Crippen MR) is 179 cm³/mol. The van der Waals surface area contributed by atoms with Crippen molar-refractivity contribution in [3.63, 3.8) is 0 Å². The molecule has 43 heavy (non-hydrogen) atoms. The maximum absolute atomic E-state index is 13.2. The number of anilines is 1. The number of hydrogen-bond acceptors (Lipinski definition) is 5. The Bertz CT molecular complexity index is 1310. The van der Waals surface area contributed by atoms with E-state index >= 15 is 0 Å². The van der Waals surface area contributed by atoms with Gasteiger partial charge in [-0.3, -0.25) is 4.79 Å². The van der Waals surface area contributed by atoms with E-state index in [0.717, 1.165) is 54.1 Å². The van der Waals surface area contributed by atoms with Gasteiger partial charge in [0.2, 0.25) is 5.91 Å². The molecule has 0 radical (unpaired) electrons. The van der Waals surface area contributed by atoms with Crippen LogP contribution in [0, 0.1) is 35.0 Å². The lowest BCUT2D eigenvalue weighted by molar-refractivity contribution is -0.115. The molecular weight excluding hydrogens is 532 g/mol. The lowest BCUT2D eigenvalue weighted by Crippen LogP contribution is -2.29. The Labute approximate surface area is 259 Å². The fourth-order valence-electron chi connectivity index (χ4n) is 6.70. The molecule has 0 spiro atoms. The number of hydrogen-bond donors (Lipinski definition) is 1. The second-order valence-corrected chi connectivity index (χ2v) is 12.7. The first-order chi connectivity index (χ1) is 20.7. The molecule has 1 amide bonds. The van der Waals surface area contributed by atoms with Gasteiger partial charge in [-0.15, -0.1) is 4.91 Å². The van der Waals surface area contributed by atoms with Crippen LogP contribution in [0.4, 0.5) is 11.5 Å². The molecule has 1 fully saturated rings. The Morgan fingerprint density at radius 1 is 1.09 bits per heavy atom. The molecule has 3 aromatic rings. The molecule has 1 N–H and O–H groups in total. The monoisotopic (exact) mass is 584 g/mol. The van der Waals surface area contributed by atoms with Crippen molar-refractivity contribution in [3.05, 3.63) is 76.5 Å². The second kappa shape index (κ2) is 16.4. The van der Waals surface area contributed by atoms with Crippen LogP contribution in [0.5, 0.6) is 0 Å². The Kier molecular flexibility index (Phi) is 13.0. The summed E-state index contributed by atoms with van der Waals surface area (Å²) in [6, 6.07) is 15.2. The number of nitrogens with zero attached hydrogens (tertiary/aromatic N) is 3. The first-order valence-electron chi connectivity index (χ1n) is 16.4. The molecule has 0 aliphatic heterocycles. The van der Waals surface area contributed by atoms with Crippen LogP contribution in [-0.4, -0.2) is 15.9 Å². The standard InChI is InChI=1S/C35H46N4O2.C2H6/c1-6-24(3)20-35(17-16-27(7-2)18-26(5)21-35)22-31-34(38-33(40)19-28-10-8-25(4)9-11-28)36-23-32(37-31)29-12-14-30(39-41)15-13-29;1-2/h8-15,23-24,26-27H,6-7,16-22H2,1-5H3,(H,36,38,40);1-2H3. The fraction of sp³-hybridized carbons (Fsp3) is 0.541. The molecule has 4 unspecified atom stereocenters. The summed E-state index contributed by atoms with van der Waals surface area (Å²) in [5, 5.41) is 6.15. The smallest absolute Gasteiger partial charge is 0.229 e. The third-order valence-corrected chi connectivity index (χ3v) is 9.05. The molecule has 4 atom stereocenters. The van der Waals surface area contributed by atoms with Crippen LogP contribution < -0.4 is 5.32 Å². The highest BCUT2D eigenvalue weighted by Crippen LogP contribution is 2.47. The Morgan fingerprint density at radius 2 is 1.79 bits per heavy atom. The van der Waals surface area contributed by atoms with Gasteiger partial charge in [0.25, 0.3) is 0 Å². The Hall–Kier alpha value is -3.41. The topological polar surface area (TPSA) is 84.3 Å². The number of aromatic nitrogens is 2. The fourth-order valence-corrected chi connectivity index (χ4v) is 6.70. The van der Waals surface area contributed by atoms with Gasteiger partial charge >= 0.3 is 0 Å². The summed E-state index contributed by atoms with van der Waals surface area (Å²) in [5.74, 6) is 2.49. The molecule has 1 aliphatic carbocycles. The summed E-state index contributed by atoms with van der Waals surface area (Å²) in [6.45, 7) is 15.4. The second-order valence-electron chi connectivity index (χ2n) is 12.7. The number of benzene rings is 2. The van der Waals surface area contributed by atoms with Gasteiger partial charge in [-0.1, -0.05) is 96.3 Å². The number of carbonyl (C=O) groups is 1. The Morgan fingerprint density at radius 3 is 2.42 bits per heavy atom. The number of nitroso groups, excluding NO2 is 1. The average Bonchev–Trinajstić information content (AvgIpc) is 3.17. The quantitative estimate of drug-likeness (QED) is 0.179. The molecule has 1 aromatic heterocycles. The van der Waals surface area contributed by atoms with Crippen LogP contribution in [0.15, 0.2) is 59.9 Å². The lowest BCUT2D eigenvalue weighted by atomic mass is 9.68. The van der Waals surface area contributed by atoms with Crippen molar-refractivity contribution < 1.29 is 4.79 Å². The molecule has 0 saturated heterocycles. The van der Waals surface area contributed by atoms with E-state index in [1.54, 1.807) is 18.3 Å². The normalized spacial score (nSPS) is 20.7. The van der Waals surface area contributed by atoms with Crippen LogP contribution in [-0.2, 0) is 17.6 Å². The van der Waals surface area contributed by atoms with E-state index in [-0.39, 0.29) is 17.7 Å². The van der Waals surface area contributed by atoms with E-state index in [1.165, 1.54) is 31.2 Å². The summed E-state index contributed by atoms with van der Waals surface area (Å²) < 4.78 is 0. The summed E-state index contributed by atoms with van der Waals surface area (Å²) >= 11 is 0. The molecule has 4 rings (SSSR count). The number of rotatable bonds is 11. The van der Waals surface area contributed by atoms with Crippen LogP contribution in [0.2, 0.25) is 0 Å². The molecule has 232 valence electrons. The summed E-state index contributed by atoms with van der Waals surface area (Å²) in [5.41, 5.74) is 5.09. The van der Waals surface area contributed by atoms with Crippen molar-refractivity contribution in [2.45, 2.75) is 106 Å². The minimum Gasteiger partial charge on any atom is -0.309 e. The molecule has 1 saturated carbocycles. The van der Waals surface area contributed by atoms with Crippen molar-refractivity contribution in [3.8, 4) is 11.3 Å². The van der Waals surface area contributed by atoms with Crippen molar-refractivity contribution in [2.24, 2.45) is 28.3 Å². The summed E-state index contributed by atoms with van der Waals surface area (Å²) in [7, 11) is 0. The van der Waals surface area contributed by atoms with Gasteiger partial charge in [0.15, 0.2) is 5.82 Å². The van der Waals surface area contributed by atoms with E-state index in [2.05, 4.69) is 38.2 Å². The summed E-state index contributed by atoms with van der Waals surface area (Å²) in [6.07, 6.45) is 11.2. The SMILES string of the molecule is CC.CCC(C)CC1(Cc2nc(-c3ccc(N=O)cc3)cnc2NC(=O)Cc2ccc(C)cc2)CCC(CC)CC(C)C1. The third kappa shape index (κ3) is 9.80. The minimum atomic E-state index is -0.0881. The van der Waals surface area contributed by atoms with E-state index in [9.17, 15) is 9.70 Å². The van der Waals surface area contributed by atoms with Crippen LogP contribution >= 0.6 is 0 Å². The first-order valence-corrected chi connectivity index (χ1v) is 16.4. The predicted octanol–water partition coefficient (Wildman–Crippen LogP) is 10.3. The number of carbonyl (C=O) groups excluding carboxylic acids is 1. The highest BCUT2D eigenvalue weighted by atomic mass is 16.3. The van der Waals surface area contributed by atoms with Gasteiger partial charge in [-0.2, -0.15) is 0 Å². The maximum Gasteiger partial charge on any atom is 0.229 e. The maximum atomic E-state index is 13.2. The Balaban J connectivity index is 0.00000248. The molecule has 1 aliphatic rings. The van der Waals surface area contributed by atoms with Gasteiger partial charge in [-0.05, 0) is 91.5 Å². The first kappa shape index (κ1) is 34.1. The molecule has 2 aromatic carbocycles. The molecule has 6 nitrogen and oxygen atoms in total. The van der Waals surface area contributed by atoms with Crippen molar-refractivity contribution >= 4 is 17.4 Å². The van der Waals surface area contributed by atoms with Gasteiger partial charge in [0.05, 0.1) is 24.0 Å². The number of aryl methyl sites for hydroxylation is 1. The van der Waals surface area contributed by atoms with Crippen LogP contribution in [0.3, 0.4) is 0 Å². The molecule has 0 bridgehead atoms.